The van der Waals surface area contributed by atoms with E-state index in [9.17, 15) is 39.5 Å². The van der Waals surface area contributed by atoms with Crippen LogP contribution in [0.25, 0.3) is 10.8 Å². The van der Waals surface area contributed by atoms with Gasteiger partial charge < -0.3 is 5.11 Å². The second-order valence-electron chi connectivity index (χ2n) is 7.55. The molecule has 0 radical (unpaired) electrons. The summed E-state index contributed by atoms with van der Waals surface area (Å²) in [6, 6.07) is 17.2. The quantitative estimate of drug-likeness (QED) is 0.187. The molecule has 0 amide bonds. The molecule has 0 aromatic heterocycles. The number of sulfonamides is 1. The Kier molecular flexibility index (Phi) is 6.74. The monoisotopic (exact) mass is 563 g/mol. The minimum atomic E-state index is -5.06. The van der Waals surface area contributed by atoms with Gasteiger partial charge in [-0.15, -0.1) is 5.11 Å². The van der Waals surface area contributed by atoms with Gasteiger partial charge in [-0.1, -0.05) is 36.4 Å². The highest BCUT2D eigenvalue weighted by Crippen LogP contribution is 2.45. The third-order valence-corrected chi connectivity index (χ3v) is 8.10. The molecule has 0 saturated heterocycles. The van der Waals surface area contributed by atoms with Crippen LogP contribution in [0.4, 0.5) is 17.1 Å². The van der Waals surface area contributed by atoms with Crippen molar-refractivity contribution in [1.29, 1.82) is 0 Å². The lowest BCUT2D eigenvalue weighted by atomic mass is 10.1. The van der Waals surface area contributed by atoms with Crippen LogP contribution in [-0.4, -0.2) is 39.5 Å². The van der Waals surface area contributed by atoms with Crippen molar-refractivity contribution in [2.75, 3.05) is 4.72 Å². The van der Waals surface area contributed by atoms with Gasteiger partial charge in [0.05, 0.1) is 26.6 Å². The van der Waals surface area contributed by atoms with Gasteiger partial charge in [-0.2, -0.15) is 21.9 Å². The maximum Gasteiger partial charge on any atom is 0.296 e. The van der Waals surface area contributed by atoms with E-state index in [1.165, 1.54) is 36.4 Å². The first kappa shape index (κ1) is 26.2. The molecule has 4 rings (SSSR count). The van der Waals surface area contributed by atoms with Crippen LogP contribution < -0.4 is 4.72 Å². The van der Waals surface area contributed by atoms with E-state index in [4.69, 9.17) is 0 Å². The first-order chi connectivity index (χ1) is 17.3. The molecule has 0 atom stereocenters. The lowest BCUT2D eigenvalue weighted by Crippen LogP contribution is -2.14. The van der Waals surface area contributed by atoms with Crippen molar-refractivity contribution >= 4 is 58.1 Å². The summed E-state index contributed by atoms with van der Waals surface area (Å²) in [7, 11) is -14.3. The largest absolute Gasteiger partial charge is 0.505 e. The van der Waals surface area contributed by atoms with Crippen molar-refractivity contribution in [3.05, 3.63) is 78.9 Å². The fraction of sp³-hybridized carbons (Fsp3) is 0. The van der Waals surface area contributed by atoms with E-state index in [1.807, 2.05) is 0 Å². The molecule has 0 spiro atoms. The Morgan fingerprint density at radius 3 is 1.84 bits per heavy atom. The van der Waals surface area contributed by atoms with Crippen LogP contribution in [0.5, 0.6) is 5.75 Å². The molecular formula is C22H17N3O9S3. The fourth-order valence-corrected chi connectivity index (χ4v) is 5.67. The smallest absolute Gasteiger partial charge is 0.296 e. The summed E-state index contributed by atoms with van der Waals surface area (Å²) in [5.74, 6) is -0.933. The Morgan fingerprint density at radius 2 is 1.27 bits per heavy atom. The molecule has 0 heterocycles. The van der Waals surface area contributed by atoms with Crippen molar-refractivity contribution in [2.45, 2.75) is 14.7 Å². The van der Waals surface area contributed by atoms with Crippen molar-refractivity contribution in [2.24, 2.45) is 10.2 Å². The second-order valence-corrected chi connectivity index (χ2v) is 12.0. The predicted molar refractivity (Wildman–Crippen MR) is 133 cm³/mol. The normalized spacial score (nSPS) is 12.7. The molecule has 15 heteroatoms. The number of hydrogen-bond acceptors (Lipinski definition) is 9. The van der Waals surface area contributed by atoms with Crippen molar-refractivity contribution in [1.82, 2.24) is 0 Å². The molecule has 0 aliphatic carbocycles. The van der Waals surface area contributed by atoms with Gasteiger partial charge in [-0.05, 0) is 47.9 Å². The zero-order valence-electron chi connectivity index (χ0n) is 18.4. The van der Waals surface area contributed by atoms with Crippen LogP contribution in [0, 0.1) is 0 Å². The zero-order chi connectivity index (χ0) is 27.0. The number of hydrogen-bond donors (Lipinski definition) is 4. The van der Waals surface area contributed by atoms with Gasteiger partial charge >= 0.3 is 0 Å². The number of benzene rings is 4. The van der Waals surface area contributed by atoms with E-state index in [2.05, 4.69) is 15.0 Å². The highest BCUT2D eigenvalue weighted by Gasteiger charge is 2.27. The summed E-state index contributed by atoms with van der Waals surface area (Å²) in [6.45, 7) is 0. The van der Waals surface area contributed by atoms with E-state index < -0.39 is 57.2 Å². The second kappa shape index (κ2) is 9.53. The van der Waals surface area contributed by atoms with Crippen LogP contribution in [-0.2, 0) is 30.3 Å². The topological polar surface area (TPSA) is 200 Å². The van der Waals surface area contributed by atoms with Crippen LogP contribution in [0.3, 0.4) is 0 Å². The number of phenolic OH excluding ortho intramolecular Hbond substituents is 1. The number of azo groups is 1. The Labute approximate surface area is 211 Å². The lowest BCUT2D eigenvalue weighted by Gasteiger charge is -2.15. The summed E-state index contributed by atoms with van der Waals surface area (Å²) in [5.41, 5.74) is -1.00. The minimum Gasteiger partial charge on any atom is -0.505 e. The van der Waals surface area contributed by atoms with E-state index in [0.29, 0.717) is 0 Å². The molecule has 0 saturated carbocycles. The first-order valence-corrected chi connectivity index (χ1v) is 14.5. The molecule has 12 nitrogen and oxygen atoms in total. The molecule has 0 bridgehead atoms. The molecular weight excluding hydrogens is 546 g/mol. The van der Waals surface area contributed by atoms with Gasteiger partial charge in [-0.3, -0.25) is 13.8 Å². The molecule has 0 fully saturated rings. The fourth-order valence-electron chi connectivity index (χ4n) is 3.39. The number of nitrogens with zero attached hydrogens (tertiary/aromatic N) is 2. The molecule has 37 heavy (non-hydrogen) atoms. The molecule has 4 aromatic carbocycles. The highest BCUT2D eigenvalue weighted by atomic mass is 32.2. The summed E-state index contributed by atoms with van der Waals surface area (Å²) < 4.78 is 95.4. The van der Waals surface area contributed by atoms with Gasteiger partial charge in [0.15, 0.2) is 5.75 Å². The van der Waals surface area contributed by atoms with E-state index in [-0.39, 0.29) is 21.4 Å². The standard InChI is InChI=1S/C22H17N3O9S3/c26-22-20-14(12-19(37(32,33)34)21(22)24-23-15-7-3-1-4-8-15)11-17(36(29,30)31)13-18(20)25-35(27,28)16-9-5-2-6-10-16/h1-13,25-26H,(H,29,30,31)(H,32,33,34). The summed E-state index contributed by atoms with van der Waals surface area (Å²) in [4.78, 5) is -1.97. The SMILES string of the molecule is O=S(=O)(O)c1cc(NS(=O)(=O)c2ccccc2)c2c(O)c(N=Nc3ccccc3)c(S(=O)(=O)O)cc2c1. The number of rotatable bonds is 7. The molecule has 0 aliphatic rings. The van der Waals surface area contributed by atoms with Crippen LogP contribution in [0.2, 0.25) is 0 Å². The number of nitrogens with one attached hydrogen (secondary N) is 1. The average Bonchev–Trinajstić information content (AvgIpc) is 2.83. The summed E-state index contributed by atoms with van der Waals surface area (Å²) in [6.07, 6.45) is 0. The van der Waals surface area contributed by atoms with Crippen molar-refractivity contribution in [3.63, 3.8) is 0 Å². The zero-order valence-corrected chi connectivity index (χ0v) is 20.9. The van der Waals surface area contributed by atoms with Crippen molar-refractivity contribution < 1.29 is 39.5 Å². The van der Waals surface area contributed by atoms with Gasteiger partial charge in [0, 0.05) is 0 Å². The van der Waals surface area contributed by atoms with Gasteiger partial charge in [0.2, 0.25) is 0 Å². The van der Waals surface area contributed by atoms with E-state index in [1.54, 1.807) is 24.3 Å². The predicted octanol–water partition coefficient (Wildman–Crippen LogP) is 4.26. The van der Waals surface area contributed by atoms with Crippen LogP contribution in [0.1, 0.15) is 0 Å². The third kappa shape index (κ3) is 5.60. The average molecular weight is 564 g/mol. The first-order valence-electron chi connectivity index (χ1n) is 10.1. The molecule has 4 aromatic rings. The Morgan fingerprint density at radius 1 is 0.676 bits per heavy atom. The minimum absolute atomic E-state index is 0.210. The maximum atomic E-state index is 13.0. The number of fused-ring (bicyclic) bond motifs is 1. The van der Waals surface area contributed by atoms with Gasteiger partial charge in [0.25, 0.3) is 30.3 Å². The lowest BCUT2D eigenvalue weighted by molar-refractivity contribution is 0.472. The Balaban J connectivity index is 2.05. The van der Waals surface area contributed by atoms with Crippen molar-refractivity contribution in [3.8, 4) is 5.75 Å². The molecule has 0 aliphatic heterocycles. The molecule has 0 unspecified atom stereocenters. The van der Waals surface area contributed by atoms with E-state index in [0.717, 1.165) is 18.2 Å². The number of anilines is 1. The Bertz CT molecular complexity index is 1860. The third-order valence-electron chi connectivity index (χ3n) is 5.02. The Hall–Kier alpha value is -3.89. The van der Waals surface area contributed by atoms with E-state index >= 15 is 0 Å². The summed E-state index contributed by atoms with van der Waals surface area (Å²) >= 11 is 0. The number of phenols is 1. The van der Waals surface area contributed by atoms with Gasteiger partial charge in [0.1, 0.15) is 10.6 Å². The number of aromatic hydroxyl groups is 1. The molecule has 4 N–H and O–H groups in total. The maximum absolute atomic E-state index is 13.0. The summed E-state index contributed by atoms with van der Waals surface area (Å²) in [5, 5.41) is 17.9. The van der Waals surface area contributed by atoms with Gasteiger partial charge in [-0.25, -0.2) is 8.42 Å². The van der Waals surface area contributed by atoms with Crippen LogP contribution in [0.15, 0.2) is 104 Å². The van der Waals surface area contributed by atoms with Crippen LogP contribution >= 0.6 is 0 Å². The molecule has 192 valence electrons. The highest BCUT2D eigenvalue weighted by molar-refractivity contribution is 7.92.